The van der Waals surface area contributed by atoms with Crippen LogP contribution in [-0.2, 0) is 16.2 Å². The molecular formula is C29H26Cl2N2O5S. The van der Waals surface area contributed by atoms with E-state index in [0.717, 1.165) is 33.4 Å². The molecule has 3 amide bonds. The normalized spacial score (nSPS) is 14.2. The van der Waals surface area contributed by atoms with Crippen molar-refractivity contribution in [2.45, 2.75) is 27.4 Å². The van der Waals surface area contributed by atoms with Gasteiger partial charge in [0.25, 0.3) is 11.1 Å². The molecule has 0 atom stereocenters. The fraction of sp³-hybridized carbons (Fsp3) is 0.207. The van der Waals surface area contributed by atoms with E-state index in [4.69, 9.17) is 32.7 Å². The first kappa shape index (κ1) is 28.5. The Morgan fingerprint density at radius 1 is 1.03 bits per heavy atom. The Balaban J connectivity index is 1.46. The zero-order chi connectivity index (χ0) is 28.1. The maximum Gasteiger partial charge on any atom is 0.294 e. The number of nitrogens with zero attached hydrogens (tertiary/aromatic N) is 1. The van der Waals surface area contributed by atoms with Crippen molar-refractivity contribution in [3.8, 4) is 11.5 Å². The molecule has 3 aromatic rings. The average molecular weight is 586 g/mol. The first-order valence-corrected chi connectivity index (χ1v) is 13.7. The van der Waals surface area contributed by atoms with Crippen LogP contribution in [0.4, 0.5) is 10.5 Å². The largest absolute Gasteiger partial charge is 0.490 e. The summed E-state index contributed by atoms with van der Waals surface area (Å²) in [6.45, 7) is 5.91. The van der Waals surface area contributed by atoms with Gasteiger partial charge in [0.1, 0.15) is 13.2 Å². The topological polar surface area (TPSA) is 84.9 Å². The Kier molecular flexibility index (Phi) is 9.22. The molecule has 39 heavy (non-hydrogen) atoms. The third-order valence-corrected chi connectivity index (χ3v) is 7.51. The number of carbonyl (C=O) groups is 3. The summed E-state index contributed by atoms with van der Waals surface area (Å²) < 4.78 is 11.7. The van der Waals surface area contributed by atoms with Crippen LogP contribution < -0.4 is 14.8 Å². The number of nitrogens with one attached hydrogen (secondary N) is 1. The highest BCUT2D eigenvalue weighted by molar-refractivity contribution is 8.18. The minimum atomic E-state index is -0.531. The number of thioether (sulfide) groups is 1. The molecular weight excluding hydrogens is 559 g/mol. The first-order chi connectivity index (χ1) is 18.7. The summed E-state index contributed by atoms with van der Waals surface area (Å²) in [4.78, 5) is 39.3. The van der Waals surface area contributed by atoms with Crippen LogP contribution in [0.15, 0.2) is 59.5 Å². The number of halogens is 2. The van der Waals surface area contributed by atoms with Gasteiger partial charge in [0, 0.05) is 21.3 Å². The summed E-state index contributed by atoms with van der Waals surface area (Å²) in [6.07, 6.45) is 1.59. The van der Waals surface area contributed by atoms with Gasteiger partial charge in [0.2, 0.25) is 5.91 Å². The van der Waals surface area contributed by atoms with Gasteiger partial charge in [0.15, 0.2) is 11.5 Å². The van der Waals surface area contributed by atoms with E-state index in [-0.39, 0.29) is 18.1 Å². The summed E-state index contributed by atoms with van der Waals surface area (Å²) in [7, 11) is 0. The molecule has 1 fully saturated rings. The summed E-state index contributed by atoms with van der Waals surface area (Å²) in [5, 5.41) is 3.31. The molecule has 1 saturated heterocycles. The third kappa shape index (κ3) is 6.95. The molecule has 202 valence electrons. The van der Waals surface area contributed by atoms with E-state index in [2.05, 4.69) is 5.32 Å². The first-order valence-electron chi connectivity index (χ1n) is 12.1. The molecule has 0 radical (unpaired) electrons. The smallest absolute Gasteiger partial charge is 0.294 e. The molecule has 1 aliphatic heterocycles. The van der Waals surface area contributed by atoms with Crippen LogP contribution in [0.1, 0.15) is 29.2 Å². The lowest BCUT2D eigenvalue weighted by atomic mass is 10.1. The zero-order valence-electron chi connectivity index (χ0n) is 21.5. The van der Waals surface area contributed by atoms with E-state index in [9.17, 15) is 14.4 Å². The molecule has 0 spiro atoms. The number of aryl methyl sites for hydroxylation is 1. The van der Waals surface area contributed by atoms with Crippen LogP contribution >= 0.6 is 35.0 Å². The standard InChI is InChI=1S/C29H26Cl2N2O5S/c1-4-37-25-12-19(8-11-24(25)38-16-20-9-10-21(30)14-22(20)31)13-26-28(35)33(29(36)39-26)15-27(34)32-23-7-5-6-17(2)18(23)3/h5-14H,4,15-16H2,1-3H3,(H,32,34)/b26-13+. The van der Waals surface area contributed by atoms with Crippen molar-refractivity contribution in [3.05, 3.63) is 91.8 Å². The highest BCUT2D eigenvalue weighted by Gasteiger charge is 2.36. The Morgan fingerprint density at radius 2 is 1.82 bits per heavy atom. The highest BCUT2D eigenvalue weighted by atomic mass is 35.5. The monoisotopic (exact) mass is 584 g/mol. The number of benzene rings is 3. The fourth-order valence-electron chi connectivity index (χ4n) is 3.80. The summed E-state index contributed by atoms with van der Waals surface area (Å²) in [5.74, 6) is -0.00958. The molecule has 1 heterocycles. The Bertz CT molecular complexity index is 1470. The average Bonchev–Trinajstić information content (AvgIpc) is 3.14. The number of imide groups is 1. The lowest BCUT2D eigenvalue weighted by Crippen LogP contribution is -2.36. The van der Waals surface area contributed by atoms with Crippen LogP contribution in [0.25, 0.3) is 6.08 Å². The number of ether oxygens (including phenoxy) is 2. The molecule has 0 aliphatic carbocycles. The van der Waals surface area contributed by atoms with Crippen LogP contribution in [0.5, 0.6) is 11.5 Å². The predicted octanol–water partition coefficient (Wildman–Crippen LogP) is 7.26. The molecule has 0 saturated carbocycles. The van der Waals surface area contributed by atoms with Gasteiger partial charge in [-0.1, -0.05) is 47.5 Å². The zero-order valence-corrected chi connectivity index (χ0v) is 23.9. The second-order valence-corrected chi connectivity index (χ2v) is 10.6. The molecule has 4 rings (SSSR count). The molecule has 10 heteroatoms. The van der Waals surface area contributed by atoms with Crippen LogP contribution in [0, 0.1) is 13.8 Å². The predicted molar refractivity (Wildman–Crippen MR) is 156 cm³/mol. The maximum atomic E-state index is 13.0. The summed E-state index contributed by atoms with van der Waals surface area (Å²) in [6, 6.07) is 15.9. The highest BCUT2D eigenvalue weighted by Crippen LogP contribution is 2.35. The van der Waals surface area contributed by atoms with E-state index in [1.165, 1.54) is 0 Å². The Hall–Kier alpha value is -3.46. The molecule has 1 N–H and O–H groups in total. The second kappa shape index (κ2) is 12.6. The van der Waals surface area contributed by atoms with Gasteiger partial charge in [-0.3, -0.25) is 19.3 Å². The van der Waals surface area contributed by atoms with Gasteiger partial charge in [0.05, 0.1) is 11.5 Å². The molecule has 0 aromatic heterocycles. The van der Waals surface area contributed by atoms with Crippen molar-refractivity contribution in [1.29, 1.82) is 0 Å². The third-order valence-electron chi connectivity index (χ3n) is 6.02. The molecule has 7 nitrogen and oxygen atoms in total. The second-order valence-electron chi connectivity index (χ2n) is 8.73. The number of anilines is 1. The molecule has 1 aliphatic rings. The quantitative estimate of drug-likeness (QED) is 0.266. The van der Waals surface area contributed by atoms with Gasteiger partial charge < -0.3 is 14.8 Å². The van der Waals surface area contributed by atoms with Crippen molar-refractivity contribution in [1.82, 2.24) is 4.90 Å². The van der Waals surface area contributed by atoms with E-state index >= 15 is 0 Å². The summed E-state index contributed by atoms with van der Waals surface area (Å²) in [5.41, 5.74) is 4.00. The Labute approximate surface area is 241 Å². The van der Waals surface area contributed by atoms with Crippen molar-refractivity contribution >= 4 is 63.8 Å². The van der Waals surface area contributed by atoms with E-state index in [0.29, 0.717) is 39.4 Å². The van der Waals surface area contributed by atoms with Crippen LogP contribution in [0.2, 0.25) is 10.0 Å². The lowest BCUT2D eigenvalue weighted by Gasteiger charge is -2.14. The van der Waals surface area contributed by atoms with Gasteiger partial charge >= 0.3 is 0 Å². The summed E-state index contributed by atoms with van der Waals surface area (Å²) >= 11 is 13.0. The molecule has 3 aromatic carbocycles. The van der Waals surface area contributed by atoms with Crippen LogP contribution in [0.3, 0.4) is 0 Å². The minimum Gasteiger partial charge on any atom is -0.490 e. The lowest BCUT2D eigenvalue weighted by molar-refractivity contribution is -0.127. The van der Waals surface area contributed by atoms with E-state index < -0.39 is 17.1 Å². The van der Waals surface area contributed by atoms with Crippen molar-refractivity contribution < 1.29 is 23.9 Å². The maximum absolute atomic E-state index is 13.0. The van der Waals surface area contributed by atoms with E-state index in [1.807, 2.05) is 32.9 Å². The number of carbonyl (C=O) groups excluding carboxylic acids is 3. The number of rotatable bonds is 9. The number of hydrogen-bond acceptors (Lipinski definition) is 6. The number of hydrogen-bond donors (Lipinski definition) is 1. The van der Waals surface area contributed by atoms with Gasteiger partial charge in [-0.2, -0.15) is 0 Å². The molecule has 0 bridgehead atoms. The SMILES string of the molecule is CCOc1cc(/C=C2/SC(=O)N(CC(=O)Nc3cccc(C)c3C)C2=O)ccc1OCc1ccc(Cl)cc1Cl. The van der Waals surface area contributed by atoms with Crippen LogP contribution in [-0.4, -0.2) is 35.1 Å². The Morgan fingerprint density at radius 3 is 2.56 bits per heavy atom. The van der Waals surface area contributed by atoms with Crippen molar-refractivity contribution in [2.75, 3.05) is 18.5 Å². The van der Waals surface area contributed by atoms with Gasteiger partial charge in [-0.25, -0.2) is 0 Å². The fourth-order valence-corrected chi connectivity index (χ4v) is 5.11. The van der Waals surface area contributed by atoms with Crippen molar-refractivity contribution in [3.63, 3.8) is 0 Å². The van der Waals surface area contributed by atoms with Gasteiger partial charge in [-0.15, -0.1) is 0 Å². The van der Waals surface area contributed by atoms with Gasteiger partial charge in [-0.05, 0) is 85.6 Å². The van der Waals surface area contributed by atoms with Crippen molar-refractivity contribution in [2.24, 2.45) is 0 Å². The van der Waals surface area contributed by atoms with E-state index in [1.54, 1.807) is 48.5 Å². The minimum absolute atomic E-state index is 0.207. The number of amides is 3. The molecule has 0 unspecified atom stereocenters.